The number of rotatable bonds is 3. The van der Waals surface area contributed by atoms with Gasteiger partial charge in [0.15, 0.2) is 0 Å². The fraction of sp³-hybridized carbons (Fsp3) is 0.0833. The van der Waals surface area contributed by atoms with E-state index in [1.165, 1.54) is 11.1 Å². The molecule has 0 aliphatic carbocycles. The molecule has 0 heterocycles. The molecule has 0 amide bonds. The van der Waals surface area contributed by atoms with Crippen LogP contribution in [0.5, 0.6) is 0 Å². The van der Waals surface area contributed by atoms with E-state index in [0.29, 0.717) is 6.47 Å². The Morgan fingerprint density at radius 2 is 1.93 bits per heavy atom. The van der Waals surface area contributed by atoms with Gasteiger partial charge in [0.2, 0.25) is 0 Å². The highest BCUT2D eigenvalue weighted by Crippen LogP contribution is 2.06. The fourth-order valence-electron chi connectivity index (χ4n) is 0.855. The topological polar surface area (TPSA) is 26.3 Å². The molecule has 0 N–H and O–H groups in total. The first kappa shape index (κ1) is 12.2. The van der Waals surface area contributed by atoms with E-state index in [1.807, 2.05) is 18.2 Å². The van der Waals surface area contributed by atoms with Gasteiger partial charge in [-0.2, -0.15) is 0 Å². The Morgan fingerprint density at radius 3 is 2.21 bits per heavy atom. The zero-order chi connectivity index (χ0) is 10.8. The van der Waals surface area contributed by atoms with Crippen LogP contribution >= 0.6 is 0 Å². The summed E-state index contributed by atoms with van der Waals surface area (Å²) in [6, 6.07) is 8.19. The van der Waals surface area contributed by atoms with E-state index in [-0.39, 0.29) is 0 Å². The van der Waals surface area contributed by atoms with Crippen LogP contribution in [0.15, 0.2) is 43.7 Å². The zero-order valence-electron chi connectivity index (χ0n) is 8.27. The Kier molecular flexibility index (Phi) is 6.78. The Bertz CT molecular complexity index is 297. The summed E-state index contributed by atoms with van der Waals surface area (Å²) in [6.07, 6.45) is 2.93. The molecular weight excluding hydrogens is 176 g/mol. The summed E-state index contributed by atoms with van der Waals surface area (Å²) in [5.74, 6) is 0. The highest BCUT2D eigenvalue weighted by molar-refractivity contribution is 5.50. The van der Waals surface area contributed by atoms with Crippen molar-refractivity contribution in [3.63, 3.8) is 0 Å². The van der Waals surface area contributed by atoms with Gasteiger partial charge in [-0.1, -0.05) is 43.5 Å². The maximum absolute atomic E-state index is 9.11. The minimum atomic E-state index is 0.312. The average Bonchev–Trinajstić information content (AvgIpc) is 2.21. The third-order valence-electron chi connectivity index (χ3n) is 1.56. The van der Waals surface area contributed by atoms with E-state index in [0.717, 1.165) is 6.26 Å². The highest BCUT2D eigenvalue weighted by atomic mass is 16.5. The lowest BCUT2D eigenvalue weighted by atomic mass is 10.1. The van der Waals surface area contributed by atoms with Gasteiger partial charge in [-0.25, -0.2) is 0 Å². The third kappa shape index (κ3) is 4.93. The van der Waals surface area contributed by atoms with Gasteiger partial charge in [-0.3, -0.25) is 4.79 Å². The third-order valence-corrected chi connectivity index (χ3v) is 1.56. The smallest absolute Gasteiger partial charge is 0.297 e. The minimum Gasteiger partial charge on any atom is -0.437 e. The molecule has 0 radical (unpaired) electrons. The fourth-order valence-corrected chi connectivity index (χ4v) is 0.855. The largest absolute Gasteiger partial charge is 0.437 e. The predicted octanol–water partition coefficient (Wildman–Crippen LogP) is 2.94. The number of hydrogen-bond acceptors (Lipinski definition) is 2. The molecule has 0 saturated heterocycles. The Balaban J connectivity index is 0.000000292. The molecule has 0 saturated carbocycles. The van der Waals surface area contributed by atoms with Crippen molar-refractivity contribution < 1.29 is 9.53 Å². The molecule has 2 nitrogen and oxygen atoms in total. The van der Waals surface area contributed by atoms with Gasteiger partial charge in [-0.15, -0.1) is 0 Å². The van der Waals surface area contributed by atoms with Gasteiger partial charge < -0.3 is 4.74 Å². The maximum Gasteiger partial charge on any atom is 0.297 e. The average molecular weight is 190 g/mol. The summed E-state index contributed by atoms with van der Waals surface area (Å²) >= 11 is 0. The second-order valence-electron chi connectivity index (χ2n) is 2.46. The maximum atomic E-state index is 9.11. The van der Waals surface area contributed by atoms with Crippen LogP contribution in [0.3, 0.4) is 0 Å². The van der Waals surface area contributed by atoms with Crippen molar-refractivity contribution in [2.45, 2.75) is 6.92 Å². The molecule has 0 aliphatic rings. The van der Waals surface area contributed by atoms with Crippen LogP contribution in [0, 0.1) is 6.92 Å². The second-order valence-corrected chi connectivity index (χ2v) is 2.46. The van der Waals surface area contributed by atoms with Gasteiger partial charge in [0, 0.05) is 0 Å². The molecule has 0 spiro atoms. The summed E-state index contributed by atoms with van der Waals surface area (Å²) < 4.78 is 3.92. The van der Waals surface area contributed by atoms with E-state index in [2.05, 4.69) is 37.0 Å². The number of aryl methyl sites for hydroxylation is 1. The molecule has 14 heavy (non-hydrogen) atoms. The summed E-state index contributed by atoms with van der Waals surface area (Å²) in [6.45, 7) is 9.18. The Hall–Kier alpha value is -1.83. The lowest BCUT2D eigenvalue weighted by Gasteiger charge is -1.95. The number of benzene rings is 1. The Labute approximate surface area is 84.5 Å². The molecule has 0 atom stereocenters. The first-order valence-corrected chi connectivity index (χ1v) is 4.14. The van der Waals surface area contributed by atoms with Crippen LogP contribution in [-0.4, -0.2) is 6.47 Å². The van der Waals surface area contributed by atoms with Crippen molar-refractivity contribution in [3.05, 3.63) is 54.8 Å². The first-order valence-electron chi connectivity index (χ1n) is 4.14. The van der Waals surface area contributed by atoms with E-state index in [1.54, 1.807) is 0 Å². The number of ether oxygens (including phenoxy) is 1. The van der Waals surface area contributed by atoms with Gasteiger partial charge in [0.1, 0.15) is 0 Å². The molecule has 2 heteroatoms. The van der Waals surface area contributed by atoms with Crippen molar-refractivity contribution in [1.29, 1.82) is 0 Å². The highest BCUT2D eigenvalue weighted by Gasteiger charge is 1.86. The number of carbonyl (C=O) groups excluding carboxylic acids is 1. The molecule has 1 aromatic carbocycles. The van der Waals surface area contributed by atoms with E-state index in [4.69, 9.17) is 4.79 Å². The molecule has 0 bridgehead atoms. The number of carbonyl (C=O) groups is 1. The SMILES string of the molecule is C=COC=O.C=Cc1ccccc1C. The molecular formula is C12H14O2. The van der Waals surface area contributed by atoms with Crippen LogP contribution in [0.4, 0.5) is 0 Å². The monoisotopic (exact) mass is 190 g/mol. The van der Waals surface area contributed by atoms with Crippen LogP contribution < -0.4 is 0 Å². The summed E-state index contributed by atoms with van der Waals surface area (Å²) in [7, 11) is 0. The quantitative estimate of drug-likeness (QED) is 0.541. The summed E-state index contributed by atoms with van der Waals surface area (Å²) in [5.41, 5.74) is 2.50. The Morgan fingerprint density at radius 1 is 1.29 bits per heavy atom. The van der Waals surface area contributed by atoms with Crippen molar-refractivity contribution in [2.75, 3.05) is 0 Å². The van der Waals surface area contributed by atoms with Crippen LogP contribution in [-0.2, 0) is 9.53 Å². The normalized spacial score (nSPS) is 7.79. The molecule has 0 aromatic heterocycles. The van der Waals surface area contributed by atoms with Crippen LogP contribution in [0.2, 0.25) is 0 Å². The molecule has 1 rings (SSSR count). The lowest BCUT2D eigenvalue weighted by molar-refractivity contribution is -0.123. The lowest BCUT2D eigenvalue weighted by Crippen LogP contribution is -1.75. The van der Waals surface area contributed by atoms with Crippen molar-refractivity contribution >= 4 is 12.5 Å². The van der Waals surface area contributed by atoms with E-state index >= 15 is 0 Å². The molecule has 1 aromatic rings. The summed E-state index contributed by atoms with van der Waals surface area (Å²) in [5, 5.41) is 0. The second kappa shape index (κ2) is 7.80. The molecule has 0 fully saturated rings. The first-order chi connectivity index (χ1) is 6.76. The standard InChI is InChI=1S/C9H10.C3H4O2/c1-3-9-7-5-4-6-8(9)2;1-2-5-3-4/h3-7H,1H2,2H3;2-3H,1H2. The number of hydrogen-bond donors (Lipinski definition) is 0. The van der Waals surface area contributed by atoms with E-state index in [9.17, 15) is 0 Å². The zero-order valence-corrected chi connectivity index (χ0v) is 8.27. The van der Waals surface area contributed by atoms with Gasteiger partial charge >= 0.3 is 0 Å². The van der Waals surface area contributed by atoms with E-state index < -0.39 is 0 Å². The molecule has 74 valence electrons. The van der Waals surface area contributed by atoms with Gasteiger partial charge in [-0.05, 0) is 18.1 Å². The minimum absolute atomic E-state index is 0.312. The molecule has 0 aliphatic heterocycles. The van der Waals surface area contributed by atoms with Crippen molar-refractivity contribution in [2.24, 2.45) is 0 Å². The van der Waals surface area contributed by atoms with Crippen molar-refractivity contribution in [1.82, 2.24) is 0 Å². The van der Waals surface area contributed by atoms with Gasteiger partial charge in [0.25, 0.3) is 6.47 Å². The van der Waals surface area contributed by atoms with Crippen LogP contribution in [0.1, 0.15) is 11.1 Å². The summed E-state index contributed by atoms with van der Waals surface area (Å²) in [4.78, 5) is 9.11. The molecule has 0 unspecified atom stereocenters. The van der Waals surface area contributed by atoms with Gasteiger partial charge in [0.05, 0.1) is 6.26 Å². The van der Waals surface area contributed by atoms with Crippen LogP contribution in [0.25, 0.3) is 6.08 Å². The van der Waals surface area contributed by atoms with Crippen molar-refractivity contribution in [3.8, 4) is 0 Å². The predicted molar refractivity (Wildman–Crippen MR) is 58.6 cm³/mol.